The SMILES string of the molecule is Fc1cc(Oc2ccccc2CCl)c(Cl)cc1Br. The van der Waals surface area contributed by atoms with Crippen molar-refractivity contribution in [2.24, 2.45) is 0 Å². The number of halogens is 4. The van der Waals surface area contributed by atoms with E-state index in [1.165, 1.54) is 12.1 Å². The Morgan fingerprint density at radius 2 is 1.89 bits per heavy atom. The molecule has 0 radical (unpaired) electrons. The first-order valence-electron chi connectivity index (χ1n) is 5.08. The Morgan fingerprint density at radius 1 is 1.17 bits per heavy atom. The first kappa shape index (κ1) is 13.7. The lowest BCUT2D eigenvalue weighted by atomic mass is 10.2. The molecular formula is C13H8BrCl2FO. The fraction of sp³-hybridized carbons (Fsp3) is 0.0769. The molecule has 1 nitrogen and oxygen atoms in total. The summed E-state index contributed by atoms with van der Waals surface area (Å²) in [5, 5.41) is 0.327. The van der Waals surface area contributed by atoms with Gasteiger partial charge in [-0.1, -0.05) is 29.8 Å². The third-order valence-electron chi connectivity index (χ3n) is 2.31. The smallest absolute Gasteiger partial charge is 0.149 e. The van der Waals surface area contributed by atoms with Gasteiger partial charge >= 0.3 is 0 Å². The zero-order valence-corrected chi connectivity index (χ0v) is 12.2. The third-order valence-corrected chi connectivity index (χ3v) is 3.50. The molecule has 0 amide bonds. The summed E-state index contributed by atoms with van der Waals surface area (Å²) in [5.41, 5.74) is 0.818. The van der Waals surface area contributed by atoms with Crippen LogP contribution in [0.25, 0.3) is 0 Å². The lowest BCUT2D eigenvalue weighted by Crippen LogP contribution is -1.91. The molecule has 0 aliphatic heterocycles. The van der Waals surface area contributed by atoms with E-state index >= 15 is 0 Å². The molecule has 5 heteroatoms. The van der Waals surface area contributed by atoms with Crippen LogP contribution in [0.2, 0.25) is 5.02 Å². The van der Waals surface area contributed by atoms with E-state index in [2.05, 4.69) is 15.9 Å². The number of benzene rings is 2. The van der Waals surface area contributed by atoms with E-state index in [4.69, 9.17) is 27.9 Å². The Hall–Kier alpha value is -0.770. The molecule has 2 rings (SSSR count). The minimum Gasteiger partial charge on any atom is -0.455 e. The van der Waals surface area contributed by atoms with Crippen LogP contribution in [0.4, 0.5) is 4.39 Å². The van der Waals surface area contributed by atoms with Crippen molar-refractivity contribution in [1.29, 1.82) is 0 Å². The van der Waals surface area contributed by atoms with Gasteiger partial charge in [-0.3, -0.25) is 0 Å². The number of para-hydroxylation sites is 1. The third kappa shape index (κ3) is 2.97. The highest BCUT2D eigenvalue weighted by Crippen LogP contribution is 2.35. The molecule has 94 valence electrons. The minimum absolute atomic E-state index is 0.259. The maximum absolute atomic E-state index is 13.4. The molecule has 0 bridgehead atoms. The van der Waals surface area contributed by atoms with Crippen LogP contribution in [0, 0.1) is 5.82 Å². The number of hydrogen-bond acceptors (Lipinski definition) is 1. The van der Waals surface area contributed by atoms with Crippen LogP contribution in [0.5, 0.6) is 11.5 Å². The zero-order valence-electron chi connectivity index (χ0n) is 9.09. The monoisotopic (exact) mass is 348 g/mol. The van der Waals surface area contributed by atoms with Crippen LogP contribution in [0.1, 0.15) is 5.56 Å². The van der Waals surface area contributed by atoms with Gasteiger partial charge in [-0.05, 0) is 28.1 Å². The quantitative estimate of drug-likeness (QED) is 0.504. The lowest BCUT2D eigenvalue weighted by Gasteiger charge is -2.11. The van der Waals surface area contributed by atoms with Gasteiger partial charge in [0, 0.05) is 11.6 Å². The Bertz CT molecular complexity index is 575. The molecule has 0 spiro atoms. The normalized spacial score (nSPS) is 10.4. The molecule has 0 atom stereocenters. The molecule has 0 heterocycles. The fourth-order valence-corrected chi connectivity index (χ4v) is 2.31. The van der Waals surface area contributed by atoms with E-state index in [1.54, 1.807) is 6.07 Å². The second kappa shape index (κ2) is 5.91. The van der Waals surface area contributed by atoms with Gasteiger partial charge < -0.3 is 4.74 Å². The number of ether oxygens (including phenoxy) is 1. The Balaban J connectivity index is 2.37. The fourth-order valence-electron chi connectivity index (χ4n) is 1.41. The molecule has 0 N–H and O–H groups in total. The first-order chi connectivity index (χ1) is 8.61. The average Bonchev–Trinajstić information content (AvgIpc) is 2.36. The van der Waals surface area contributed by atoms with Gasteiger partial charge in [0.1, 0.15) is 17.3 Å². The molecule has 2 aromatic rings. The predicted molar refractivity (Wildman–Crippen MR) is 75.2 cm³/mol. The molecule has 0 saturated heterocycles. The van der Waals surface area contributed by atoms with E-state index in [-0.39, 0.29) is 5.75 Å². The zero-order chi connectivity index (χ0) is 13.1. The van der Waals surface area contributed by atoms with Crippen molar-refractivity contribution in [3.05, 3.63) is 57.3 Å². The predicted octanol–water partition coefficient (Wildman–Crippen LogP) is 5.77. The second-order valence-corrected chi connectivity index (χ2v) is 5.07. The Kier molecular flexibility index (Phi) is 4.49. The summed E-state index contributed by atoms with van der Waals surface area (Å²) in [6.07, 6.45) is 0. The summed E-state index contributed by atoms with van der Waals surface area (Å²) >= 11 is 14.8. The van der Waals surface area contributed by atoms with Crippen molar-refractivity contribution in [2.75, 3.05) is 0 Å². The van der Waals surface area contributed by atoms with Crippen molar-refractivity contribution >= 4 is 39.1 Å². The maximum Gasteiger partial charge on any atom is 0.149 e. The summed E-state index contributed by atoms with van der Waals surface area (Å²) < 4.78 is 19.3. The van der Waals surface area contributed by atoms with Gasteiger partial charge in [-0.2, -0.15) is 0 Å². The average molecular weight is 350 g/mol. The highest BCUT2D eigenvalue weighted by Gasteiger charge is 2.10. The molecule has 18 heavy (non-hydrogen) atoms. The molecule has 0 fully saturated rings. The molecule has 0 unspecified atom stereocenters. The van der Waals surface area contributed by atoms with E-state index in [9.17, 15) is 4.39 Å². The summed E-state index contributed by atoms with van der Waals surface area (Å²) in [4.78, 5) is 0. The summed E-state index contributed by atoms with van der Waals surface area (Å²) in [6.45, 7) is 0. The standard InChI is InChI=1S/C13H8BrCl2FO/c14-9-5-10(16)13(6-11(9)17)18-12-4-2-1-3-8(12)7-15/h1-6H,7H2. The number of rotatable bonds is 3. The van der Waals surface area contributed by atoms with Gasteiger partial charge in [0.15, 0.2) is 0 Å². The van der Waals surface area contributed by atoms with Crippen LogP contribution >= 0.6 is 39.1 Å². The van der Waals surface area contributed by atoms with Crippen LogP contribution < -0.4 is 4.74 Å². The van der Waals surface area contributed by atoms with Crippen molar-refractivity contribution in [3.8, 4) is 11.5 Å². The van der Waals surface area contributed by atoms with Gasteiger partial charge in [0.05, 0.1) is 15.4 Å². The maximum atomic E-state index is 13.4. The van der Waals surface area contributed by atoms with Crippen molar-refractivity contribution < 1.29 is 9.13 Å². The van der Waals surface area contributed by atoms with E-state index in [0.29, 0.717) is 21.1 Å². The van der Waals surface area contributed by atoms with E-state index in [0.717, 1.165) is 5.56 Å². The molecule has 0 aliphatic carbocycles. The molecule has 0 saturated carbocycles. The van der Waals surface area contributed by atoms with Crippen LogP contribution in [0.3, 0.4) is 0 Å². The van der Waals surface area contributed by atoms with Gasteiger partial charge in [-0.15, -0.1) is 11.6 Å². The minimum atomic E-state index is -0.433. The number of hydrogen-bond donors (Lipinski definition) is 0. The number of alkyl halides is 1. The molecule has 2 aromatic carbocycles. The van der Waals surface area contributed by atoms with Crippen LogP contribution in [0.15, 0.2) is 40.9 Å². The van der Waals surface area contributed by atoms with Gasteiger partial charge in [-0.25, -0.2) is 4.39 Å². The van der Waals surface area contributed by atoms with Crippen molar-refractivity contribution in [2.45, 2.75) is 5.88 Å². The topological polar surface area (TPSA) is 9.23 Å². The van der Waals surface area contributed by atoms with Crippen LogP contribution in [-0.4, -0.2) is 0 Å². The van der Waals surface area contributed by atoms with E-state index in [1.807, 2.05) is 18.2 Å². The molecule has 0 aliphatic rings. The second-order valence-electron chi connectivity index (χ2n) is 3.54. The highest BCUT2D eigenvalue weighted by atomic mass is 79.9. The van der Waals surface area contributed by atoms with Crippen molar-refractivity contribution in [1.82, 2.24) is 0 Å². The molecule has 0 aromatic heterocycles. The summed E-state index contributed by atoms with van der Waals surface area (Å²) in [7, 11) is 0. The highest BCUT2D eigenvalue weighted by molar-refractivity contribution is 9.10. The summed E-state index contributed by atoms with van der Waals surface area (Å²) in [5.74, 6) is 0.705. The largest absolute Gasteiger partial charge is 0.455 e. The lowest BCUT2D eigenvalue weighted by molar-refractivity contribution is 0.472. The van der Waals surface area contributed by atoms with Gasteiger partial charge in [0.25, 0.3) is 0 Å². The Morgan fingerprint density at radius 3 is 2.61 bits per heavy atom. The van der Waals surface area contributed by atoms with E-state index < -0.39 is 5.82 Å². The first-order valence-corrected chi connectivity index (χ1v) is 6.78. The molecular weight excluding hydrogens is 342 g/mol. The van der Waals surface area contributed by atoms with Crippen molar-refractivity contribution in [3.63, 3.8) is 0 Å². The Labute approximate surface area is 123 Å². The van der Waals surface area contributed by atoms with Gasteiger partial charge in [0.2, 0.25) is 0 Å². The van der Waals surface area contributed by atoms with Crippen LogP contribution in [-0.2, 0) is 5.88 Å². The summed E-state index contributed by atoms with van der Waals surface area (Å²) in [6, 6.07) is 9.95.